The summed E-state index contributed by atoms with van der Waals surface area (Å²) in [6, 6.07) is 14.7. The van der Waals surface area contributed by atoms with Crippen molar-refractivity contribution in [2.24, 2.45) is 5.10 Å². The molecule has 0 N–H and O–H groups in total. The Morgan fingerprint density at radius 2 is 1.96 bits per heavy atom. The second-order valence-corrected chi connectivity index (χ2v) is 5.60. The Bertz CT molecular complexity index is 924. The van der Waals surface area contributed by atoms with Crippen LogP contribution in [-0.2, 0) is 4.79 Å². The molecule has 1 heterocycles. The van der Waals surface area contributed by atoms with Crippen molar-refractivity contribution in [1.82, 2.24) is 0 Å². The molecule has 2 aromatic rings. The summed E-state index contributed by atoms with van der Waals surface area (Å²) < 4.78 is 10.8. The van der Waals surface area contributed by atoms with Crippen molar-refractivity contribution in [2.75, 3.05) is 18.7 Å². The van der Waals surface area contributed by atoms with Crippen LogP contribution in [0, 0.1) is 12.3 Å². The highest BCUT2D eigenvalue weighted by Gasteiger charge is 2.28. The minimum absolute atomic E-state index is 0.160. The van der Waals surface area contributed by atoms with Crippen LogP contribution < -0.4 is 14.5 Å². The average Bonchev–Trinajstić information content (AvgIpc) is 2.95. The highest BCUT2D eigenvalue weighted by atomic mass is 16.5. The first-order chi connectivity index (χ1) is 12.6. The molecule has 3 rings (SSSR count). The minimum Gasteiger partial charge on any atom is -0.493 e. The van der Waals surface area contributed by atoms with E-state index in [1.807, 2.05) is 43.3 Å². The van der Waals surface area contributed by atoms with Gasteiger partial charge in [-0.2, -0.15) is 10.1 Å². The molecule has 0 unspecified atom stereocenters. The number of terminal acetylenes is 1. The molecule has 0 saturated heterocycles. The van der Waals surface area contributed by atoms with Crippen molar-refractivity contribution in [3.63, 3.8) is 0 Å². The van der Waals surface area contributed by atoms with E-state index in [0.29, 0.717) is 22.8 Å². The lowest BCUT2D eigenvalue weighted by molar-refractivity contribution is -0.114. The largest absolute Gasteiger partial charge is 0.493 e. The molecule has 1 aliphatic rings. The zero-order valence-corrected chi connectivity index (χ0v) is 14.6. The lowest BCUT2D eigenvalue weighted by atomic mass is 10.1. The Hall–Kier alpha value is -3.52. The SMILES string of the molecule is C#CCOc1ccc(C=C2C(=O)N(c3ccccc3)N=C2C)cc1OC. The van der Waals surface area contributed by atoms with Gasteiger partial charge in [0.25, 0.3) is 5.91 Å². The predicted octanol–water partition coefficient (Wildman–Crippen LogP) is 3.51. The number of carbonyl (C=O) groups is 1. The molecule has 0 radical (unpaired) electrons. The molecular formula is C21H18N2O3. The van der Waals surface area contributed by atoms with Crippen molar-refractivity contribution in [2.45, 2.75) is 6.92 Å². The number of ether oxygens (including phenoxy) is 2. The number of hydrogen-bond acceptors (Lipinski definition) is 4. The molecule has 0 aliphatic carbocycles. The Kier molecular flexibility index (Phi) is 5.04. The highest BCUT2D eigenvalue weighted by molar-refractivity contribution is 6.32. The summed E-state index contributed by atoms with van der Waals surface area (Å²) >= 11 is 0. The fraction of sp³-hybridized carbons (Fsp3) is 0.143. The minimum atomic E-state index is -0.166. The highest BCUT2D eigenvalue weighted by Crippen LogP contribution is 2.30. The first-order valence-electron chi connectivity index (χ1n) is 8.05. The van der Waals surface area contributed by atoms with Crippen LogP contribution in [0.5, 0.6) is 11.5 Å². The van der Waals surface area contributed by atoms with E-state index in [1.165, 1.54) is 5.01 Å². The van der Waals surface area contributed by atoms with Crippen LogP contribution in [0.15, 0.2) is 59.2 Å². The summed E-state index contributed by atoms with van der Waals surface area (Å²) in [5.74, 6) is 3.36. The summed E-state index contributed by atoms with van der Waals surface area (Å²) in [6.45, 7) is 1.97. The van der Waals surface area contributed by atoms with Gasteiger partial charge < -0.3 is 9.47 Å². The number of methoxy groups -OCH3 is 1. The summed E-state index contributed by atoms with van der Waals surface area (Å²) in [6.07, 6.45) is 7.01. The Morgan fingerprint density at radius 3 is 2.65 bits per heavy atom. The maximum atomic E-state index is 12.7. The maximum absolute atomic E-state index is 12.7. The zero-order chi connectivity index (χ0) is 18.5. The Balaban J connectivity index is 1.89. The molecule has 5 heteroatoms. The van der Waals surface area contributed by atoms with E-state index in [1.54, 1.807) is 25.3 Å². The van der Waals surface area contributed by atoms with Gasteiger partial charge in [-0.1, -0.05) is 30.2 Å². The number of hydrogen-bond donors (Lipinski definition) is 0. The van der Waals surface area contributed by atoms with Gasteiger partial charge in [0.2, 0.25) is 0 Å². The number of nitrogens with zero attached hydrogens (tertiary/aromatic N) is 2. The quantitative estimate of drug-likeness (QED) is 0.615. The number of rotatable bonds is 5. The van der Waals surface area contributed by atoms with Gasteiger partial charge in [-0.15, -0.1) is 6.42 Å². The first-order valence-corrected chi connectivity index (χ1v) is 8.05. The van der Waals surface area contributed by atoms with E-state index in [0.717, 1.165) is 11.3 Å². The van der Waals surface area contributed by atoms with Crippen LogP contribution in [0.4, 0.5) is 5.69 Å². The molecule has 0 bridgehead atoms. The molecule has 1 aliphatic heterocycles. The normalized spacial score (nSPS) is 15.0. The third-order valence-corrected chi connectivity index (χ3v) is 3.87. The number of para-hydroxylation sites is 1. The van der Waals surface area contributed by atoms with Crippen molar-refractivity contribution in [3.8, 4) is 23.8 Å². The van der Waals surface area contributed by atoms with E-state index in [-0.39, 0.29) is 12.5 Å². The van der Waals surface area contributed by atoms with E-state index >= 15 is 0 Å². The van der Waals surface area contributed by atoms with Gasteiger partial charge >= 0.3 is 0 Å². The Labute approximate surface area is 152 Å². The monoisotopic (exact) mass is 346 g/mol. The van der Waals surface area contributed by atoms with E-state index < -0.39 is 0 Å². The number of carbonyl (C=O) groups excluding carboxylic acids is 1. The van der Waals surface area contributed by atoms with Gasteiger partial charge in [-0.3, -0.25) is 4.79 Å². The lowest BCUT2D eigenvalue weighted by Gasteiger charge is -2.11. The fourth-order valence-corrected chi connectivity index (χ4v) is 2.61. The van der Waals surface area contributed by atoms with Crippen LogP contribution in [0.2, 0.25) is 0 Å². The number of hydrazone groups is 1. The number of anilines is 1. The van der Waals surface area contributed by atoms with Crippen LogP contribution >= 0.6 is 0 Å². The second kappa shape index (κ2) is 7.58. The Morgan fingerprint density at radius 1 is 1.19 bits per heavy atom. The molecule has 2 aromatic carbocycles. The molecule has 0 fully saturated rings. The van der Waals surface area contributed by atoms with Crippen LogP contribution in [-0.4, -0.2) is 25.3 Å². The van der Waals surface area contributed by atoms with Crippen molar-refractivity contribution < 1.29 is 14.3 Å². The van der Waals surface area contributed by atoms with Gasteiger partial charge in [0, 0.05) is 0 Å². The topological polar surface area (TPSA) is 51.1 Å². The standard InChI is InChI=1S/C21H18N2O3/c1-4-12-26-19-11-10-16(14-20(19)25-3)13-18-15(2)22-23(21(18)24)17-8-6-5-7-9-17/h1,5-11,13-14H,12H2,2-3H3. The fourth-order valence-electron chi connectivity index (χ4n) is 2.61. The summed E-state index contributed by atoms with van der Waals surface area (Å²) in [5, 5.41) is 5.78. The smallest absolute Gasteiger partial charge is 0.280 e. The molecule has 5 nitrogen and oxygen atoms in total. The van der Waals surface area contributed by atoms with Crippen LogP contribution in [0.25, 0.3) is 6.08 Å². The van der Waals surface area contributed by atoms with Crippen LogP contribution in [0.1, 0.15) is 12.5 Å². The molecule has 0 spiro atoms. The van der Waals surface area contributed by atoms with Crippen LogP contribution in [0.3, 0.4) is 0 Å². The maximum Gasteiger partial charge on any atom is 0.280 e. The van der Waals surface area contributed by atoms with E-state index in [9.17, 15) is 4.79 Å². The van der Waals surface area contributed by atoms with E-state index in [2.05, 4.69) is 11.0 Å². The van der Waals surface area contributed by atoms with Gasteiger partial charge in [0.15, 0.2) is 11.5 Å². The van der Waals surface area contributed by atoms with Crippen molar-refractivity contribution in [1.29, 1.82) is 0 Å². The molecule has 1 amide bonds. The van der Waals surface area contributed by atoms with Crippen molar-refractivity contribution in [3.05, 3.63) is 59.7 Å². The summed E-state index contributed by atoms with van der Waals surface area (Å²) in [7, 11) is 1.56. The van der Waals surface area contributed by atoms with Gasteiger partial charge in [0.1, 0.15) is 6.61 Å². The number of amides is 1. The molecule has 0 aromatic heterocycles. The third kappa shape index (κ3) is 3.45. The van der Waals surface area contributed by atoms with Gasteiger partial charge in [-0.25, -0.2) is 0 Å². The lowest BCUT2D eigenvalue weighted by Crippen LogP contribution is -2.21. The van der Waals surface area contributed by atoms with E-state index in [4.69, 9.17) is 15.9 Å². The third-order valence-electron chi connectivity index (χ3n) is 3.87. The summed E-state index contributed by atoms with van der Waals surface area (Å²) in [5.41, 5.74) is 2.73. The molecular weight excluding hydrogens is 328 g/mol. The second-order valence-electron chi connectivity index (χ2n) is 5.60. The molecule has 26 heavy (non-hydrogen) atoms. The number of benzene rings is 2. The molecule has 130 valence electrons. The zero-order valence-electron chi connectivity index (χ0n) is 14.6. The van der Waals surface area contributed by atoms with Crippen molar-refractivity contribution >= 4 is 23.4 Å². The molecule has 0 saturated carbocycles. The summed E-state index contributed by atoms with van der Waals surface area (Å²) in [4.78, 5) is 12.7. The average molecular weight is 346 g/mol. The van der Waals surface area contributed by atoms with Gasteiger partial charge in [-0.05, 0) is 42.8 Å². The first kappa shape index (κ1) is 17.3. The molecule has 0 atom stereocenters. The predicted molar refractivity (Wildman–Crippen MR) is 102 cm³/mol. The van der Waals surface area contributed by atoms with Gasteiger partial charge in [0.05, 0.1) is 24.1 Å².